The highest BCUT2D eigenvalue weighted by molar-refractivity contribution is 7.88. The normalized spacial score (nSPS) is 21.6. The van der Waals surface area contributed by atoms with E-state index in [9.17, 15) is 22.0 Å². The molecule has 2 aromatic carbocycles. The molecular weight excluding hydrogens is 566 g/mol. The van der Waals surface area contributed by atoms with Gasteiger partial charge in [-0.3, -0.25) is 10.2 Å². The van der Waals surface area contributed by atoms with Crippen molar-refractivity contribution in [3.8, 4) is 5.69 Å². The van der Waals surface area contributed by atoms with Crippen molar-refractivity contribution in [2.24, 2.45) is 0 Å². The zero-order chi connectivity index (χ0) is 30.0. The third-order valence-corrected chi connectivity index (χ3v) is 9.32. The molecular formula is C29H36F2N6O4S. The predicted molar refractivity (Wildman–Crippen MR) is 155 cm³/mol. The number of rotatable bonds is 9. The van der Waals surface area contributed by atoms with E-state index in [1.165, 1.54) is 16.6 Å². The smallest absolute Gasteiger partial charge is 0.320 e. The quantitative estimate of drug-likeness (QED) is 0.386. The minimum Gasteiger partial charge on any atom is -0.383 e. The molecule has 1 unspecified atom stereocenters. The first-order chi connectivity index (χ1) is 20.1. The highest BCUT2D eigenvalue weighted by Crippen LogP contribution is 2.38. The van der Waals surface area contributed by atoms with E-state index < -0.39 is 39.8 Å². The average Bonchev–Trinajstić information content (AvgIpc) is 3.68. The summed E-state index contributed by atoms with van der Waals surface area (Å²) in [6.45, 7) is 4.38. The second-order valence-electron chi connectivity index (χ2n) is 10.9. The number of carbonyl (C=O) groups is 1. The number of nitrogens with one attached hydrogen (secondary N) is 2. The van der Waals surface area contributed by atoms with E-state index in [1.807, 2.05) is 37.3 Å². The van der Waals surface area contributed by atoms with Crippen LogP contribution in [0.3, 0.4) is 0 Å². The number of nitrogens with zero attached hydrogens (tertiary/aromatic N) is 4. The molecule has 2 aliphatic rings. The summed E-state index contributed by atoms with van der Waals surface area (Å²) in [7, 11) is -1.84. The third kappa shape index (κ3) is 6.33. The molecule has 2 amide bonds. The fourth-order valence-corrected chi connectivity index (χ4v) is 7.10. The predicted octanol–water partition coefficient (Wildman–Crippen LogP) is 3.79. The molecule has 2 aliphatic heterocycles. The van der Waals surface area contributed by atoms with Crippen molar-refractivity contribution in [2.75, 3.05) is 51.5 Å². The Hall–Kier alpha value is -3.39. The highest BCUT2D eigenvalue weighted by Gasteiger charge is 2.38. The number of urea groups is 1. The Kier molecular flexibility index (Phi) is 8.92. The summed E-state index contributed by atoms with van der Waals surface area (Å²) in [5.41, 5.74) is 2.55. The molecule has 13 heteroatoms. The van der Waals surface area contributed by atoms with Gasteiger partial charge in [-0.1, -0.05) is 24.3 Å². The maximum atomic E-state index is 14.1. The third-order valence-electron chi connectivity index (χ3n) is 8.03. The average molecular weight is 603 g/mol. The van der Waals surface area contributed by atoms with Gasteiger partial charge in [0.1, 0.15) is 5.82 Å². The van der Waals surface area contributed by atoms with E-state index in [4.69, 9.17) is 9.84 Å². The van der Waals surface area contributed by atoms with Crippen molar-refractivity contribution in [3.63, 3.8) is 0 Å². The lowest BCUT2D eigenvalue weighted by molar-refractivity contribution is 0.159. The molecule has 226 valence electrons. The number of para-hydroxylation sites is 1. The lowest BCUT2D eigenvalue weighted by Gasteiger charge is -2.21. The molecule has 3 aromatic rings. The van der Waals surface area contributed by atoms with E-state index in [-0.39, 0.29) is 5.92 Å². The number of sulfonamides is 1. The lowest BCUT2D eigenvalue weighted by Crippen LogP contribution is -2.42. The Morgan fingerprint density at radius 1 is 1.12 bits per heavy atom. The fourth-order valence-electron chi connectivity index (χ4n) is 5.97. The van der Waals surface area contributed by atoms with Crippen LogP contribution in [0, 0.1) is 18.6 Å². The van der Waals surface area contributed by atoms with Crippen LogP contribution in [0.1, 0.15) is 41.6 Å². The first-order valence-electron chi connectivity index (χ1n) is 13.9. The Bertz CT molecular complexity index is 1530. The molecule has 42 heavy (non-hydrogen) atoms. The molecule has 10 nitrogen and oxygen atoms in total. The number of hydrogen-bond acceptors (Lipinski definition) is 6. The highest BCUT2D eigenvalue weighted by atomic mass is 32.2. The van der Waals surface area contributed by atoms with Gasteiger partial charge in [0.05, 0.1) is 36.3 Å². The summed E-state index contributed by atoms with van der Waals surface area (Å²) in [5.74, 6) is -1.71. The van der Waals surface area contributed by atoms with E-state index >= 15 is 0 Å². The SMILES string of the molecule is COCCN1C[C@@H](NC(=O)Nc2c(C)c(C3CCCN3S(C)(=O)=O)nn2-c2ccccc2)[C@H](c2ccc(F)c(F)c2)C1. The van der Waals surface area contributed by atoms with Crippen molar-refractivity contribution in [1.82, 2.24) is 24.3 Å². The number of likely N-dealkylation sites (tertiary alicyclic amines) is 1. The molecule has 2 fully saturated rings. The van der Waals surface area contributed by atoms with Crippen LogP contribution in [0.25, 0.3) is 5.69 Å². The summed E-state index contributed by atoms with van der Waals surface area (Å²) in [6.07, 6.45) is 2.54. The van der Waals surface area contributed by atoms with Crippen molar-refractivity contribution in [1.29, 1.82) is 0 Å². The molecule has 2 saturated heterocycles. The number of halogens is 2. The van der Waals surface area contributed by atoms with E-state index in [1.54, 1.807) is 17.9 Å². The van der Waals surface area contributed by atoms with Gasteiger partial charge in [0.2, 0.25) is 10.0 Å². The topological polar surface area (TPSA) is 109 Å². The molecule has 0 saturated carbocycles. The van der Waals surface area contributed by atoms with Crippen LogP contribution in [-0.2, 0) is 14.8 Å². The molecule has 0 spiro atoms. The fraction of sp³-hybridized carbons (Fsp3) is 0.448. The van der Waals surface area contributed by atoms with Crippen molar-refractivity contribution >= 4 is 21.9 Å². The molecule has 3 heterocycles. The zero-order valence-electron chi connectivity index (χ0n) is 23.9. The standard InChI is InChI=1S/C29H36F2N6O4S/c1-19-27(26-10-7-13-36(26)42(3,39)40)34-37(21-8-5-4-6-9-21)28(19)33-29(38)32-25-18-35(14-15-41-2)17-22(25)20-11-12-23(30)24(31)16-20/h4-6,8-9,11-12,16,22,25-26H,7,10,13-15,17-18H2,1-3H3,(H2,32,33,38)/t22-,25+,26?/m0/s1. The van der Waals surface area contributed by atoms with Crippen molar-refractivity contribution < 1.29 is 26.7 Å². The summed E-state index contributed by atoms with van der Waals surface area (Å²) in [5, 5.41) is 10.8. The second kappa shape index (κ2) is 12.5. The number of methoxy groups -OCH3 is 1. The molecule has 2 N–H and O–H groups in total. The minimum atomic E-state index is -3.45. The largest absolute Gasteiger partial charge is 0.383 e. The zero-order valence-corrected chi connectivity index (χ0v) is 24.7. The molecule has 0 aliphatic carbocycles. The summed E-state index contributed by atoms with van der Waals surface area (Å²) in [6, 6.07) is 11.8. The van der Waals surface area contributed by atoms with Gasteiger partial charge in [0.25, 0.3) is 0 Å². The number of anilines is 1. The first-order valence-corrected chi connectivity index (χ1v) is 15.8. The van der Waals surface area contributed by atoms with Crippen LogP contribution >= 0.6 is 0 Å². The Morgan fingerprint density at radius 3 is 2.57 bits per heavy atom. The summed E-state index contributed by atoms with van der Waals surface area (Å²) >= 11 is 0. The van der Waals surface area contributed by atoms with Crippen LogP contribution < -0.4 is 10.6 Å². The van der Waals surface area contributed by atoms with Crippen molar-refractivity contribution in [3.05, 3.63) is 77.0 Å². The molecule has 0 bridgehead atoms. The Labute approximate surface area is 244 Å². The first kappa shape index (κ1) is 30.1. The molecule has 0 radical (unpaired) electrons. The number of ether oxygens (including phenoxy) is 1. The minimum absolute atomic E-state index is 0.278. The number of carbonyl (C=O) groups excluding carboxylic acids is 1. The number of hydrogen-bond donors (Lipinski definition) is 2. The monoisotopic (exact) mass is 602 g/mol. The number of benzene rings is 2. The maximum absolute atomic E-state index is 14.1. The van der Waals surface area contributed by atoms with Crippen LogP contribution in [-0.4, -0.2) is 85.6 Å². The Morgan fingerprint density at radius 2 is 1.88 bits per heavy atom. The van der Waals surface area contributed by atoms with Crippen molar-refractivity contribution in [2.45, 2.75) is 37.8 Å². The summed E-state index contributed by atoms with van der Waals surface area (Å²) in [4.78, 5) is 15.6. The van der Waals surface area contributed by atoms with Gasteiger partial charge in [0.15, 0.2) is 11.6 Å². The van der Waals surface area contributed by atoms with Crippen LogP contribution in [0.4, 0.5) is 19.4 Å². The van der Waals surface area contributed by atoms with Gasteiger partial charge in [-0.05, 0) is 49.6 Å². The van der Waals surface area contributed by atoms with Gasteiger partial charge in [0, 0.05) is 44.8 Å². The van der Waals surface area contributed by atoms with E-state index in [0.29, 0.717) is 74.0 Å². The molecule has 1 aromatic heterocycles. The summed E-state index contributed by atoms with van der Waals surface area (Å²) < 4.78 is 61.1. The Balaban J connectivity index is 1.43. The number of aromatic nitrogens is 2. The van der Waals surface area contributed by atoms with E-state index in [0.717, 1.165) is 6.07 Å². The molecule has 3 atom stereocenters. The van der Waals surface area contributed by atoms with Gasteiger partial charge in [-0.25, -0.2) is 26.7 Å². The van der Waals surface area contributed by atoms with Gasteiger partial charge < -0.3 is 10.1 Å². The number of amides is 2. The van der Waals surface area contributed by atoms with E-state index in [2.05, 4.69) is 15.5 Å². The second-order valence-corrected chi connectivity index (χ2v) is 12.8. The maximum Gasteiger partial charge on any atom is 0.320 e. The van der Waals surface area contributed by atoms with Crippen LogP contribution in [0.5, 0.6) is 0 Å². The van der Waals surface area contributed by atoms with Gasteiger partial charge in [-0.15, -0.1) is 0 Å². The lowest BCUT2D eigenvalue weighted by atomic mass is 9.94. The van der Waals surface area contributed by atoms with Crippen LogP contribution in [0.2, 0.25) is 0 Å². The molecule has 5 rings (SSSR count). The van der Waals surface area contributed by atoms with Gasteiger partial charge >= 0.3 is 6.03 Å². The van der Waals surface area contributed by atoms with Crippen LogP contribution in [0.15, 0.2) is 48.5 Å². The van der Waals surface area contributed by atoms with Gasteiger partial charge in [-0.2, -0.15) is 9.40 Å².